The highest BCUT2D eigenvalue weighted by molar-refractivity contribution is 5.87. The zero-order chi connectivity index (χ0) is 17.0. The minimum absolute atomic E-state index is 0. The highest BCUT2D eigenvalue weighted by atomic mass is 35.5. The second-order valence-corrected chi connectivity index (χ2v) is 6.58. The van der Waals surface area contributed by atoms with Gasteiger partial charge in [-0.25, -0.2) is 0 Å². The first kappa shape index (κ1) is 20.2. The molecule has 0 fully saturated rings. The lowest BCUT2D eigenvalue weighted by Gasteiger charge is -2.26. The van der Waals surface area contributed by atoms with Gasteiger partial charge in [0.05, 0.1) is 0 Å². The number of nitrogens with one attached hydrogen (secondary N) is 1. The molecule has 4 heteroatoms. The van der Waals surface area contributed by atoms with E-state index in [4.69, 9.17) is 5.73 Å². The van der Waals surface area contributed by atoms with E-state index in [9.17, 15) is 4.79 Å². The summed E-state index contributed by atoms with van der Waals surface area (Å²) >= 11 is 0. The number of carbonyl (C=O) groups excluding carboxylic acids is 1. The van der Waals surface area contributed by atoms with Crippen molar-refractivity contribution >= 4 is 18.3 Å². The number of aryl methyl sites for hydroxylation is 2. The van der Waals surface area contributed by atoms with Gasteiger partial charge in [-0.05, 0) is 50.8 Å². The van der Waals surface area contributed by atoms with Crippen LogP contribution in [0.4, 0.5) is 0 Å². The molecular formula is C20H27ClN2O. The predicted octanol–water partition coefficient (Wildman–Crippen LogP) is 3.65. The average Bonchev–Trinajstić information content (AvgIpc) is 2.51. The van der Waals surface area contributed by atoms with Crippen LogP contribution in [0.2, 0.25) is 0 Å². The van der Waals surface area contributed by atoms with E-state index in [1.807, 2.05) is 37.3 Å². The van der Waals surface area contributed by atoms with Crippen molar-refractivity contribution in [3.8, 4) is 0 Å². The highest BCUT2D eigenvalue weighted by Crippen LogP contribution is 2.18. The maximum Gasteiger partial charge on any atom is 0.244 e. The molecule has 0 bridgehead atoms. The highest BCUT2D eigenvalue weighted by Gasteiger charge is 2.31. The molecule has 0 aromatic heterocycles. The van der Waals surface area contributed by atoms with E-state index in [2.05, 4.69) is 37.4 Å². The first-order valence-corrected chi connectivity index (χ1v) is 8.02. The first-order valence-electron chi connectivity index (χ1n) is 8.02. The second-order valence-electron chi connectivity index (χ2n) is 6.58. The van der Waals surface area contributed by atoms with Gasteiger partial charge in [0.2, 0.25) is 5.91 Å². The zero-order valence-corrected chi connectivity index (χ0v) is 15.6. The van der Waals surface area contributed by atoms with E-state index in [1.54, 1.807) is 6.92 Å². The number of halogens is 1. The summed E-state index contributed by atoms with van der Waals surface area (Å²) in [7, 11) is 0. The van der Waals surface area contributed by atoms with Crippen LogP contribution in [0.15, 0.2) is 48.5 Å². The van der Waals surface area contributed by atoms with Crippen LogP contribution in [-0.4, -0.2) is 11.9 Å². The molecule has 2 aromatic rings. The summed E-state index contributed by atoms with van der Waals surface area (Å²) in [6.07, 6.45) is 0.794. The molecule has 130 valence electrons. The Labute approximate surface area is 151 Å². The Balaban J connectivity index is 0.00000288. The molecule has 0 aliphatic heterocycles. The Bertz CT molecular complexity index is 683. The van der Waals surface area contributed by atoms with Gasteiger partial charge in [-0.1, -0.05) is 54.1 Å². The smallest absolute Gasteiger partial charge is 0.244 e. The van der Waals surface area contributed by atoms with Crippen LogP contribution >= 0.6 is 12.4 Å². The standard InChI is InChI=1S/C20H26N2O.ClH/c1-14-10-11-17(15(2)12-14)13-16(3)22-19(23)20(4,21)18-8-6-5-7-9-18;/h5-12,16H,13,21H2,1-4H3,(H,22,23);1H. The molecule has 0 aliphatic carbocycles. The van der Waals surface area contributed by atoms with Crippen molar-refractivity contribution < 1.29 is 4.79 Å². The number of hydrogen-bond acceptors (Lipinski definition) is 2. The maximum atomic E-state index is 12.6. The van der Waals surface area contributed by atoms with E-state index >= 15 is 0 Å². The number of carbonyl (C=O) groups is 1. The van der Waals surface area contributed by atoms with Crippen molar-refractivity contribution in [1.82, 2.24) is 5.32 Å². The fourth-order valence-corrected chi connectivity index (χ4v) is 2.74. The quantitative estimate of drug-likeness (QED) is 0.868. The fourth-order valence-electron chi connectivity index (χ4n) is 2.74. The lowest BCUT2D eigenvalue weighted by atomic mass is 9.91. The Hall–Kier alpha value is -1.84. The number of benzene rings is 2. The summed E-state index contributed by atoms with van der Waals surface area (Å²) in [6, 6.07) is 15.9. The van der Waals surface area contributed by atoms with Crippen molar-refractivity contribution in [2.45, 2.75) is 45.7 Å². The summed E-state index contributed by atoms with van der Waals surface area (Å²) in [5, 5.41) is 3.05. The molecule has 2 aromatic carbocycles. The molecule has 0 saturated heterocycles. The molecule has 3 nitrogen and oxygen atoms in total. The van der Waals surface area contributed by atoms with E-state index < -0.39 is 5.54 Å². The molecule has 3 N–H and O–H groups in total. The van der Waals surface area contributed by atoms with Gasteiger partial charge < -0.3 is 11.1 Å². The van der Waals surface area contributed by atoms with Crippen LogP contribution in [0.5, 0.6) is 0 Å². The van der Waals surface area contributed by atoms with Crippen molar-refractivity contribution in [1.29, 1.82) is 0 Å². The Morgan fingerprint density at radius 3 is 2.38 bits per heavy atom. The minimum Gasteiger partial charge on any atom is -0.351 e. The molecule has 0 aliphatic rings. The van der Waals surface area contributed by atoms with Crippen LogP contribution < -0.4 is 11.1 Å². The van der Waals surface area contributed by atoms with Gasteiger partial charge in [0, 0.05) is 6.04 Å². The second kappa shape index (κ2) is 8.32. The number of amides is 1. The summed E-state index contributed by atoms with van der Waals surface area (Å²) in [5.41, 5.74) is 9.80. The van der Waals surface area contributed by atoms with Crippen LogP contribution in [0, 0.1) is 13.8 Å². The third-order valence-electron chi connectivity index (χ3n) is 4.25. The molecule has 0 saturated carbocycles. The van der Waals surface area contributed by atoms with E-state index in [0.29, 0.717) is 0 Å². The molecule has 2 unspecified atom stereocenters. The van der Waals surface area contributed by atoms with Crippen LogP contribution in [0.3, 0.4) is 0 Å². The van der Waals surface area contributed by atoms with Gasteiger partial charge in [0.1, 0.15) is 5.54 Å². The number of rotatable bonds is 5. The van der Waals surface area contributed by atoms with Crippen LogP contribution in [0.1, 0.15) is 36.1 Å². The van der Waals surface area contributed by atoms with Gasteiger partial charge in [0.25, 0.3) is 0 Å². The molecule has 2 rings (SSSR count). The van der Waals surface area contributed by atoms with Gasteiger partial charge >= 0.3 is 0 Å². The van der Waals surface area contributed by atoms with E-state index in [1.165, 1.54) is 16.7 Å². The third kappa shape index (κ3) is 4.83. The van der Waals surface area contributed by atoms with Gasteiger partial charge in [-0.15, -0.1) is 12.4 Å². The number of hydrogen-bond donors (Lipinski definition) is 2. The van der Waals surface area contributed by atoms with Gasteiger partial charge in [-0.3, -0.25) is 4.79 Å². The molecule has 24 heavy (non-hydrogen) atoms. The molecular weight excluding hydrogens is 320 g/mol. The number of nitrogens with two attached hydrogens (primary N) is 1. The predicted molar refractivity (Wildman–Crippen MR) is 102 cm³/mol. The lowest BCUT2D eigenvalue weighted by molar-refractivity contribution is -0.126. The molecule has 1 amide bonds. The van der Waals surface area contributed by atoms with Crippen molar-refractivity contribution in [3.05, 3.63) is 70.8 Å². The van der Waals surface area contributed by atoms with Crippen LogP contribution in [0.25, 0.3) is 0 Å². The van der Waals surface area contributed by atoms with Crippen molar-refractivity contribution in [2.24, 2.45) is 5.73 Å². The summed E-state index contributed by atoms with van der Waals surface area (Å²) < 4.78 is 0. The van der Waals surface area contributed by atoms with E-state index in [-0.39, 0.29) is 24.4 Å². The normalized spacial score (nSPS) is 14.2. The maximum absolute atomic E-state index is 12.6. The summed E-state index contributed by atoms with van der Waals surface area (Å²) in [5.74, 6) is -0.152. The first-order chi connectivity index (χ1) is 10.8. The minimum atomic E-state index is -1.03. The monoisotopic (exact) mass is 346 g/mol. The molecule has 0 heterocycles. The third-order valence-corrected chi connectivity index (χ3v) is 4.25. The molecule has 2 atom stereocenters. The SMILES string of the molecule is Cc1ccc(CC(C)NC(=O)C(C)(N)c2ccccc2)c(C)c1.Cl. The fraction of sp³-hybridized carbons (Fsp3) is 0.350. The Kier molecular flexibility index (Phi) is 7.00. The van der Waals surface area contributed by atoms with Gasteiger partial charge in [-0.2, -0.15) is 0 Å². The van der Waals surface area contributed by atoms with Gasteiger partial charge in [0.15, 0.2) is 0 Å². The Morgan fingerprint density at radius 1 is 1.17 bits per heavy atom. The van der Waals surface area contributed by atoms with E-state index in [0.717, 1.165) is 12.0 Å². The Morgan fingerprint density at radius 2 is 1.79 bits per heavy atom. The lowest BCUT2D eigenvalue weighted by Crippen LogP contribution is -2.51. The summed E-state index contributed by atoms with van der Waals surface area (Å²) in [6.45, 7) is 7.95. The zero-order valence-electron chi connectivity index (χ0n) is 14.8. The molecule has 0 radical (unpaired) electrons. The van der Waals surface area contributed by atoms with Crippen molar-refractivity contribution in [3.63, 3.8) is 0 Å². The van der Waals surface area contributed by atoms with Crippen molar-refractivity contribution in [2.75, 3.05) is 0 Å². The largest absolute Gasteiger partial charge is 0.351 e. The topological polar surface area (TPSA) is 55.1 Å². The summed E-state index contributed by atoms with van der Waals surface area (Å²) in [4.78, 5) is 12.6. The molecule has 0 spiro atoms. The average molecular weight is 347 g/mol. The van der Waals surface area contributed by atoms with Crippen LogP contribution in [-0.2, 0) is 16.8 Å².